The van der Waals surface area contributed by atoms with Crippen molar-refractivity contribution >= 4 is 39.5 Å². The van der Waals surface area contributed by atoms with Gasteiger partial charge >= 0.3 is 0 Å². The molecule has 0 bridgehead atoms. The fourth-order valence-corrected chi connectivity index (χ4v) is 6.60. The predicted octanol–water partition coefficient (Wildman–Crippen LogP) is 11.4. The zero-order valence-electron chi connectivity index (χ0n) is 26.1. The lowest BCUT2D eigenvalue weighted by Gasteiger charge is -2.26. The highest BCUT2D eigenvalue weighted by molar-refractivity contribution is 6.36. The average Bonchev–Trinajstić information content (AvgIpc) is 3.15. The van der Waals surface area contributed by atoms with Crippen LogP contribution in [0, 0.1) is 11.2 Å². The van der Waals surface area contributed by atoms with E-state index in [0.29, 0.717) is 22.5 Å². The van der Waals surface area contributed by atoms with Gasteiger partial charge in [-0.3, -0.25) is 5.41 Å². The average molecular weight is 619 g/mol. The van der Waals surface area contributed by atoms with E-state index in [2.05, 4.69) is 102 Å². The Hall–Kier alpha value is -6.32. The second-order valence-electron chi connectivity index (χ2n) is 12.0. The quantitative estimate of drug-likeness (QED) is 0.179. The molecule has 1 aliphatic rings. The van der Waals surface area contributed by atoms with Crippen molar-refractivity contribution in [2.24, 2.45) is 0 Å². The van der Waals surface area contributed by atoms with Crippen LogP contribution in [-0.4, -0.2) is 5.71 Å². The Kier molecular flexibility index (Phi) is 7.56. The lowest BCUT2D eigenvalue weighted by Crippen LogP contribution is -2.20. The molecule has 0 spiro atoms. The summed E-state index contributed by atoms with van der Waals surface area (Å²) < 4.78 is 15.0. The Labute approximate surface area is 279 Å². The first-order valence-electron chi connectivity index (χ1n) is 16.0. The maximum Gasteiger partial charge on any atom is 0.123 e. The van der Waals surface area contributed by atoms with Gasteiger partial charge in [0.1, 0.15) is 5.82 Å². The zero-order chi connectivity index (χ0) is 32.5. The van der Waals surface area contributed by atoms with E-state index in [4.69, 9.17) is 0 Å². The minimum Gasteiger partial charge on any atom is -0.354 e. The van der Waals surface area contributed by atoms with Crippen molar-refractivity contribution in [3.8, 4) is 22.3 Å². The van der Waals surface area contributed by atoms with Crippen LogP contribution in [0.2, 0.25) is 0 Å². The number of hydrogen-bond acceptors (Lipinski definition) is 2. The number of fused-ring (bicyclic) bond motifs is 2. The van der Waals surface area contributed by atoms with Gasteiger partial charge < -0.3 is 5.32 Å². The Morgan fingerprint density at radius 1 is 0.500 bits per heavy atom. The second kappa shape index (κ2) is 12.5. The molecule has 0 unspecified atom stereocenters. The van der Waals surface area contributed by atoms with Gasteiger partial charge in [-0.25, -0.2) is 4.39 Å². The van der Waals surface area contributed by atoms with Crippen LogP contribution in [-0.2, 0) is 0 Å². The number of hydrogen-bond donors (Lipinski definition) is 2. The van der Waals surface area contributed by atoms with Gasteiger partial charge in [0.15, 0.2) is 0 Å². The molecule has 0 radical (unpaired) electrons. The first-order chi connectivity index (χ1) is 23.6. The maximum absolute atomic E-state index is 15.0. The third kappa shape index (κ3) is 5.52. The Morgan fingerprint density at radius 3 is 1.94 bits per heavy atom. The second-order valence-corrected chi connectivity index (χ2v) is 12.0. The minimum atomic E-state index is -0.328. The van der Waals surface area contributed by atoms with Crippen molar-refractivity contribution in [1.82, 2.24) is 5.32 Å². The molecule has 1 heterocycles. The number of halogens is 1. The molecule has 0 fully saturated rings. The van der Waals surface area contributed by atoms with E-state index in [1.54, 1.807) is 6.07 Å². The summed E-state index contributed by atoms with van der Waals surface area (Å²) in [7, 11) is 0. The van der Waals surface area contributed by atoms with Crippen LogP contribution in [0.25, 0.3) is 56.1 Å². The summed E-state index contributed by atoms with van der Waals surface area (Å²) in [6.07, 6.45) is 2.05. The highest BCUT2D eigenvalue weighted by atomic mass is 19.1. The van der Waals surface area contributed by atoms with Crippen LogP contribution in [0.15, 0.2) is 170 Å². The summed E-state index contributed by atoms with van der Waals surface area (Å²) in [6.45, 7) is 0. The van der Waals surface area contributed by atoms with Crippen LogP contribution >= 0.6 is 0 Å². The fraction of sp³-hybridized carbons (Fsp3) is 0. The van der Waals surface area contributed by atoms with E-state index in [0.717, 1.165) is 55.6 Å². The van der Waals surface area contributed by atoms with Gasteiger partial charge in [-0.1, -0.05) is 146 Å². The van der Waals surface area contributed by atoms with Crippen molar-refractivity contribution in [2.45, 2.75) is 0 Å². The van der Waals surface area contributed by atoms with Crippen LogP contribution in [0.5, 0.6) is 0 Å². The molecule has 0 aromatic heterocycles. The lowest BCUT2D eigenvalue weighted by atomic mass is 9.86. The zero-order valence-corrected chi connectivity index (χ0v) is 26.1. The van der Waals surface area contributed by atoms with Crippen LogP contribution in [0.4, 0.5) is 4.39 Å². The molecular formula is C45H31FN2. The van der Waals surface area contributed by atoms with E-state index in [1.165, 1.54) is 11.5 Å². The van der Waals surface area contributed by atoms with Gasteiger partial charge in [-0.2, -0.15) is 0 Å². The van der Waals surface area contributed by atoms with Crippen molar-refractivity contribution in [3.05, 3.63) is 203 Å². The van der Waals surface area contributed by atoms with E-state index in [-0.39, 0.29) is 5.82 Å². The highest BCUT2D eigenvalue weighted by Crippen LogP contribution is 2.38. The summed E-state index contributed by atoms with van der Waals surface area (Å²) in [5.74, 6) is -0.328. The first-order valence-corrected chi connectivity index (χ1v) is 16.0. The molecule has 0 atom stereocenters. The summed E-state index contributed by atoms with van der Waals surface area (Å²) >= 11 is 0. The minimum absolute atomic E-state index is 0.328. The van der Waals surface area contributed by atoms with Gasteiger partial charge in [0.05, 0.1) is 11.4 Å². The number of benzene rings is 7. The van der Waals surface area contributed by atoms with Crippen LogP contribution in [0.3, 0.4) is 0 Å². The molecule has 8 rings (SSSR count). The van der Waals surface area contributed by atoms with Gasteiger partial charge in [0, 0.05) is 22.4 Å². The molecule has 48 heavy (non-hydrogen) atoms. The number of rotatable bonds is 6. The van der Waals surface area contributed by atoms with E-state index < -0.39 is 0 Å². The van der Waals surface area contributed by atoms with E-state index in [9.17, 15) is 5.41 Å². The Morgan fingerprint density at radius 2 is 1.12 bits per heavy atom. The first kappa shape index (κ1) is 29.1. The molecule has 228 valence electrons. The van der Waals surface area contributed by atoms with Crippen molar-refractivity contribution in [2.75, 3.05) is 0 Å². The summed E-state index contributed by atoms with van der Waals surface area (Å²) in [5, 5.41) is 15.9. The van der Waals surface area contributed by atoms with E-state index >= 15 is 4.39 Å². The molecule has 1 aliphatic heterocycles. The molecule has 7 aromatic carbocycles. The molecular weight excluding hydrogens is 588 g/mol. The van der Waals surface area contributed by atoms with Gasteiger partial charge in [0.2, 0.25) is 0 Å². The monoisotopic (exact) mass is 618 g/mol. The van der Waals surface area contributed by atoms with Crippen molar-refractivity contribution < 1.29 is 4.39 Å². The third-order valence-corrected chi connectivity index (χ3v) is 8.94. The van der Waals surface area contributed by atoms with E-state index in [1.807, 2.05) is 66.7 Å². The molecule has 0 amide bonds. The van der Waals surface area contributed by atoms with Crippen LogP contribution < -0.4 is 5.32 Å². The molecule has 7 aromatic rings. The number of allylic oxidation sites excluding steroid dienone is 1. The summed E-state index contributed by atoms with van der Waals surface area (Å²) in [6, 6.07) is 56.4. The maximum atomic E-state index is 15.0. The van der Waals surface area contributed by atoms with Gasteiger partial charge in [-0.05, 0) is 80.1 Å². The predicted molar refractivity (Wildman–Crippen MR) is 199 cm³/mol. The topological polar surface area (TPSA) is 35.9 Å². The molecule has 2 nitrogen and oxygen atoms in total. The largest absolute Gasteiger partial charge is 0.354 e. The molecule has 2 N–H and O–H groups in total. The smallest absolute Gasteiger partial charge is 0.123 e. The lowest BCUT2D eigenvalue weighted by molar-refractivity contribution is 0.627. The SMILES string of the molecule is N=C(/C(=C1\NC(c2ccccc2)=Cc2ccc(F)cc21)c1cccc(-c2cccc3ccccc23)c1)c1cccc(-c2ccccc2)c1. The standard InChI is InChI=1S/C45H31FN2/c46-38-25-24-35-28-42(32-15-5-2-6-16-32)48-45(41(35)29-38)43(44(47)37-21-9-18-33(26-37)30-12-3-1-4-13-30)36-20-10-19-34(27-36)40-23-11-17-31-14-7-8-22-39(31)40/h1-29,47-48H/b45-43-,47-44?. The van der Waals surface area contributed by atoms with Gasteiger partial charge in [-0.15, -0.1) is 0 Å². The molecule has 0 saturated heterocycles. The third-order valence-electron chi connectivity index (χ3n) is 8.94. The summed E-state index contributed by atoms with van der Waals surface area (Å²) in [5.41, 5.74) is 11.1. The van der Waals surface area contributed by atoms with Crippen LogP contribution in [0.1, 0.15) is 27.8 Å². The summed E-state index contributed by atoms with van der Waals surface area (Å²) in [4.78, 5) is 0. The number of nitrogens with one attached hydrogen (secondary N) is 2. The molecule has 0 aliphatic carbocycles. The van der Waals surface area contributed by atoms with Crippen molar-refractivity contribution in [1.29, 1.82) is 5.41 Å². The van der Waals surface area contributed by atoms with Gasteiger partial charge in [0.25, 0.3) is 0 Å². The van der Waals surface area contributed by atoms with Crippen molar-refractivity contribution in [3.63, 3.8) is 0 Å². The molecule has 0 saturated carbocycles. The Balaban J connectivity index is 1.37. The normalized spacial score (nSPS) is 13.3. The highest BCUT2D eigenvalue weighted by Gasteiger charge is 2.25. The molecule has 3 heteroatoms. The Bertz CT molecular complexity index is 2380. The fourth-order valence-electron chi connectivity index (χ4n) is 6.60.